The van der Waals surface area contributed by atoms with E-state index in [2.05, 4.69) is 11.4 Å². The van der Waals surface area contributed by atoms with Crippen molar-refractivity contribution in [3.63, 3.8) is 0 Å². The summed E-state index contributed by atoms with van der Waals surface area (Å²) in [4.78, 5) is 14.9. The molecule has 3 aromatic rings. The summed E-state index contributed by atoms with van der Waals surface area (Å²) in [5.74, 6) is -0.0464. The van der Waals surface area contributed by atoms with Gasteiger partial charge in [0, 0.05) is 11.4 Å². The highest BCUT2D eigenvalue weighted by Crippen LogP contribution is 2.36. The fourth-order valence-corrected chi connectivity index (χ4v) is 3.08. The minimum Gasteiger partial charge on any atom is -0.360 e. The van der Waals surface area contributed by atoms with Crippen LogP contribution in [0.5, 0.6) is 0 Å². The molecular formula is C21H15N3O. The molecular weight excluding hydrogens is 310 g/mol. The summed E-state index contributed by atoms with van der Waals surface area (Å²) in [7, 11) is 0. The zero-order chi connectivity index (χ0) is 17.2. The van der Waals surface area contributed by atoms with Crippen LogP contribution in [0.15, 0.2) is 78.9 Å². The Morgan fingerprint density at radius 3 is 2.28 bits per heavy atom. The summed E-state index contributed by atoms with van der Waals surface area (Å²) in [5, 5.41) is 12.5. The normalized spacial score (nSPS) is 15.9. The van der Waals surface area contributed by atoms with Crippen LogP contribution in [0.25, 0.3) is 0 Å². The second-order valence-corrected chi connectivity index (χ2v) is 5.84. The van der Waals surface area contributed by atoms with E-state index in [0.29, 0.717) is 11.1 Å². The van der Waals surface area contributed by atoms with E-state index in [1.807, 2.05) is 66.7 Å². The van der Waals surface area contributed by atoms with Crippen LogP contribution in [0.3, 0.4) is 0 Å². The van der Waals surface area contributed by atoms with Crippen molar-refractivity contribution in [3.8, 4) is 6.07 Å². The van der Waals surface area contributed by atoms with Crippen LogP contribution >= 0.6 is 0 Å². The third kappa shape index (κ3) is 2.62. The molecule has 1 heterocycles. The lowest BCUT2D eigenvalue weighted by molar-refractivity contribution is 0.0975. The van der Waals surface area contributed by atoms with Crippen molar-refractivity contribution in [1.29, 1.82) is 5.26 Å². The van der Waals surface area contributed by atoms with Crippen molar-refractivity contribution in [1.82, 2.24) is 0 Å². The summed E-state index contributed by atoms with van der Waals surface area (Å²) in [5.41, 5.74) is 3.80. The number of rotatable bonds is 2. The number of hydrogen-bond acceptors (Lipinski definition) is 3. The molecule has 0 spiro atoms. The minimum absolute atomic E-state index is 0.0464. The minimum atomic E-state index is -0.336. The molecule has 0 fully saturated rings. The van der Waals surface area contributed by atoms with Gasteiger partial charge in [0.15, 0.2) is 0 Å². The quantitative estimate of drug-likeness (QED) is 0.763. The van der Waals surface area contributed by atoms with Gasteiger partial charge < -0.3 is 5.32 Å². The second kappa shape index (κ2) is 6.14. The molecule has 0 radical (unpaired) electrons. The van der Waals surface area contributed by atoms with E-state index in [4.69, 9.17) is 5.26 Å². The molecule has 1 aliphatic rings. The van der Waals surface area contributed by atoms with Crippen molar-refractivity contribution in [3.05, 3.63) is 95.6 Å². The van der Waals surface area contributed by atoms with Crippen LogP contribution in [0.1, 0.15) is 27.7 Å². The third-order valence-corrected chi connectivity index (χ3v) is 4.32. The SMILES string of the molecule is N#Cc1ccc([C@@H]2Nc3ccccc3C(=O)N2c2ccccc2)cc1. The van der Waals surface area contributed by atoms with Crippen LogP contribution in [0.4, 0.5) is 11.4 Å². The molecule has 4 rings (SSSR count). The standard InChI is InChI=1S/C21H15N3O/c22-14-15-10-12-16(13-11-15)20-23-19-9-5-4-8-18(19)21(25)24(20)17-6-2-1-3-7-17/h1-13,20,23H/t20-/m1/s1. The van der Waals surface area contributed by atoms with Crippen LogP contribution in [-0.2, 0) is 0 Å². The number of amides is 1. The number of benzene rings is 3. The highest BCUT2D eigenvalue weighted by Gasteiger charge is 2.33. The molecule has 0 aliphatic carbocycles. The van der Waals surface area contributed by atoms with E-state index < -0.39 is 0 Å². The first kappa shape index (κ1) is 15.0. The van der Waals surface area contributed by atoms with Crippen molar-refractivity contribution in [2.75, 3.05) is 10.2 Å². The number of nitrogens with one attached hydrogen (secondary N) is 1. The first-order chi connectivity index (χ1) is 12.3. The molecule has 120 valence electrons. The number of nitriles is 1. The molecule has 3 aromatic carbocycles. The van der Waals surface area contributed by atoms with Gasteiger partial charge in [-0.05, 0) is 42.0 Å². The van der Waals surface area contributed by atoms with E-state index in [1.54, 1.807) is 17.0 Å². The zero-order valence-corrected chi connectivity index (χ0v) is 13.4. The second-order valence-electron chi connectivity index (χ2n) is 5.84. The summed E-state index contributed by atoms with van der Waals surface area (Å²) >= 11 is 0. The van der Waals surface area contributed by atoms with Gasteiger partial charge in [0.2, 0.25) is 0 Å². The summed E-state index contributed by atoms with van der Waals surface area (Å²) in [6, 6.07) is 26.5. The Balaban J connectivity index is 1.84. The van der Waals surface area contributed by atoms with Gasteiger partial charge in [0.1, 0.15) is 6.17 Å². The lowest BCUT2D eigenvalue weighted by Gasteiger charge is -2.38. The molecule has 1 atom stereocenters. The van der Waals surface area contributed by atoms with Crippen LogP contribution < -0.4 is 10.2 Å². The average molecular weight is 325 g/mol. The van der Waals surface area contributed by atoms with Crippen LogP contribution in [0.2, 0.25) is 0 Å². The Kier molecular flexibility index (Phi) is 3.68. The van der Waals surface area contributed by atoms with Crippen molar-refractivity contribution >= 4 is 17.3 Å². The predicted molar refractivity (Wildman–Crippen MR) is 97.2 cm³/mol. The van der Waals surface area contributed by atoms with E-state index in [9.17, 15) is 4.79 Å². The Morgan fingerprint density at radius 1 is 0.880 bits per heavy atom. The predicted octanol–water partition coefficient (Wildman–Crippen LogP) is 4.33. The molecule has 1 amide bonds. The van der Waals surface area contributed by atoms with E-state index >= 15 is 0 Å². The van der Waals surface area contributed by atoms with E-state index in [1.165, 1.54) is 0 Å². The monoisotopic (exact) mass is 325 g/mol. The zero-order valence-electron chi connectivity index (χ0n) is 13.4. The van der Waals surface area contributed by atoms with Crippen LogP contribution in [-0.4, -0.2) is 5.91 Å². The van der Waals surface area contributed by atoms with Crippen molar-refractivity contribution in [2.45, 2.75) is 6.17 Å². The number of nitrogens with zero attached hydrogens (tertiary/aromatic N) is 2. The Morgan fingerprint density at radius 2 is 1.56 bits per heavy atom. The molecule has 4 heteroatoms. The van der Waals surface area contributed by atoms with Gasteiger partial charge in [0.25, 0.3) is 5.91 Å². The maximum atomic E-state index is 13.2. The van der Waals surface area contributed by atoms with Gasteiger partial charge in [-0.3, -0.25) is 9.69 Å². The van der Waals surface area contributed by atoms with Crippen LogP contribution in [0, 0.1) is 11.3 Å². The summed E-state index contributed by atoms with van der Waals surface area (Å²) in [6.07, 6.45) is -0.336. The van der Waals surface area contributed by atoms with E-state index in [0.717, 1.165) is 16.9 Å². The molecule has 1 aliphatic heterocycles. The summed E-state index contributed by atoms with van der Waals surface area (Å²) in [6.45, 7) is 0. The molecule has 0 saturated heterocycles. The van der Waals surface area contributed by atoms with Gasteiger partial charge in [-0.1, -0.05) is 42.5 Å². The molecule has 25 heavy (non-hydrogen) atoms. The van der Waals surface area contributed by atoms with Crippen molar-refractivity contribution in [2.24, 2.45) is 0 Å². The number of carbonyl (C=O) groups is 1. The highest BCUT2D eigenvalue weighted by molar-refractivity contribution is 6.12. The molecule has 0 bridgehead atoms. The lowest BCUT2D eigenvalue weighted by Crippen LogP contribution is -2.43. The number of anilines is 2. The fourth-order valence-electron chi connectivity index (χ4n) is 3.08. The van der Waals surface area contributed by atoms with Gasteiger partial charge in [-0.25, -0.2) is 0 Å². The van der Waals surface area contributed by atoms with Gasteiger partial charge in [-0.15, -0.1) is 0 Å². The average Bonchev–Trinajstić information content (AvgIpc) is 2.69. The number of para-hydroxylation sites is 2. The van der Waals surface area contributed by atoms with E-state index in [-0.39, 0.29) is 12.1 Å². The van der Waals surface area contributed by atoms with Gasteiger partial charge in [0.05, 0.1) is 17.2 Å². The molecule has 0 aromatic heterocycles. The third-order valence-electron chi connectivity index (χ3n) is 4.32. The molecule has 0 unspecified atom stereocenters. The van der Waals surface area contributed by atoms with Gasteiger partial charge in [-0.2, -0.15) is 5.26 Å². The maximum Gasteiger partial charge on any atom is 0.262 e. The highest BCUT2D eigenvalue weighted by atomic mass is 16.2. The fraction of sp³-hybridized carbons (Fsp3) is 0.0476. The number of carbonyl (C=O) groups excluding carboxylic acids is 1. The Bertz CT molecular complexity index is 958. The Labute approximate surface area is 145 Å². The molecule has 4 nitrogen and oxygen atoms in total. The first-order valence-electron chi connectivity index (χ1n) is 8.02. The molecule has 0 saturated carbocycles. The summed E-state index contributed by atoms with van der Waals surface area (Å²) < 4.78 is 0. The first-order valence-corrected chi connectivity index (χ1v) is 8.02. The Hall–Kier alpha value is -3.58. The smallest absolute Gasteiger partial charge is 0.262 e. The number of hydrogen-bond donors (Lipinski definition) is 1. The van der Waals surface area contributed by atoms with Gasteiger partial charge >= 0.3 is 0 Å². The number of fused-ring (bicyclic) bond motifs is 1. The molecule has 1 N–H and O–H groups in total. The maximum absolute atomic E-state index is 13.2. The topological polar surface area (TPSA) is 56.1 Å². The largest absolute Gasteiger partial charge is 0.360 e. The van der Waals surface area contributed by atoms with Crippen molar-refractivity contribution < 1.29 is 4.79 Å². The lowest BCUT2D eigenvalue weighted by atomic mass is 10.0.